The van der Waals surface area contributed by atoms with E-state index in [0.717, 1.165) is 18.5 Å². The first-order valence-electron chi connectivity index (χ1n) is 5.53. The van der Waals surface area contributed by atoms with Crippen molar-refractivity contribution in [3.8, 4) is 0 Å². The summed E-state index contributed by atoms with van der Waals surface area (Å²) in [5.41, 5.74) is 8.02. The lowest BCUT2D eigenvalue weighted by molar-refractivity contribution is 0.590. The van der Waals surface area contributed by atoms with Gasteiger partial charge >= 0.3 is 0 Å². The fourth-order valence-corrected chi connectivity index (χ4v) is 2.45. The predicted molar refractivity (Wildman–Crippen MR) is 70.9 cm³/mol. The second-order valence-corrected chi connectivity index (χ2v) is 5.28. The van der Waals surface area contributed by atoms with Crippen LogP contribution in [-0.2, 0) is 6.42 Å². The van der Waals surface area contributed by atoms with Crippen molar-refractivity contribution < 1.29 is 0 Å². The van der Waals surface area contributed by atoms with E-state index in [0.29, 0.717) is 11.2 Å². The highest BCUT2D eigenvalue weighted by atomic mass is 32.1. The van der Waals surface area contributed by atoms with Crippen LogP contribution in [0.2, 0.25) is 0 Å². The second kappa shape index (κ2) is 4.80. The van der Waals surface area contributed by atoms with Gasteiger partial charge in [0.25, 0.3) is 0 Å². The first-order valence-corrected chi connectivity index (χ1v) is 6.35. The Kier molecular flexibility index (Phi) is 3.41. The van der Waals surface area contributed by atoms with Crippen LogP contribution < -0.4 is 11.1 Å². The predicted octanol–water partition coefficient (Wildman–Crippen LogP) is 2.42. The smallest absolute Gasteiger partial charge is 0.181 e. The van der Waals surface area contributed by atoms with Crippen LogP contribution >= 0.6 is 11.3 Å². The van der Waals surface area contributed by atoms with Crippen LogP contribution in [0.15, 0.2) is 18.2 Å². The van der Waals surface area contributed by atoms with E-state index >= 15 is 0 Å². The Balaban J connectivity index is 2.07. The van der Waals surface area contributed by atoms with Crippen molar-refractivity contribution in [1.29, 1.82) is 0 Å². The summed E-state index contributed by atoms with van der Waals surface area (Å²) < 4.78 is 1.18. The molecule has 0 radical (unpaired) electrons. The lowest BCUT2D eigenvalue weighted by atomic mass is 10.1. The minimum absolute atomic E-state index is 0.544. The molecule has 0 aliphatic rings. The quantitative estimate of drug-likeness (QED) is 0.855. The summed E-state index contributed by atoms with van der Waals surface area (Å²) in [5, 5.41) is 4.06. The van der Waals surface area contributed by atoms with Crippen LogP contribution in [0.4, 0.5) is 5.13 Å². The summed E-state index contributed by atoms with van der Waals surface area (Å²) in [6.45, 7) is 5.33. The average molecular weight is 235 g/mol. The average Bonchev–Trinajstić information content (AvgIpc) is 2.56. The second-order valence-electron chi connectivity index (χ2n) is 4.21. The van der Waals surface area contributed by atoms with E-state index in [1.807, 2.05) is 6.07 Å². The Morgan fingerprint density at radius 2 is 2.25 bits per heavy atom. The van der Waals surface area contributed by atoms with Gasteiger partial charge in [-0.25, -0.2) is 4.98 Å². The van der Waals surface area contributed by atoms with Gasteiger partial charge in [0.15, 0.2) is 5.13 Å². The van der Waals surface area contributed by atoms with E-state index < -0.39 is 0 Å². The maximum Gasteiger partial charge on any atom is 0.181 e. The topological polar surface area (TPSA) is 50.9 Å². The number of anilines is 1. The van der Waals surface area contributed by atoms with E-state index in [9.17, 15) is 0 Å². The lowest BCUT2D eigenvalue weighted by Crippen LogP contribution is -2.24. The van der Waals surface area contributed by atoms with Gasteiger partial charge in [-0.1, -0.05) is 31.3 Å². The molecule has 0 unspecified atom stereocenters. The minimum atomic E-state index is 0.544. The van der Waals surface area contributed by atoms with Crippen molar-refractivity contribution in [1.82, 2.24) is 10.3 Å². The molecule has 1 aromatic carbocycles. The zero-order valence-corrected chi connectivity index (χ0v) is 10.5. The Hall–Kier alpha value is -1.13. The van der Waals surface area contributed by atoms with E-state index in [4.69, 9.17) is 5.73 Å². The molecule has 4 heteroatoms. The van der Waals surface area contributed by atoms with Gasteiger partial charge in [-0.3, -0.25) is 0 Å². The molecule has 0 saturated heterocycles. The van der Waals surface area contributed by atoms with Gasteiger partial charge in [-0.2, -0.15) is 0 Å². The highest BCUT2D eigenvalue weighted by Gasteiger charge is 2.02. The molecule has 3 N–H and O–H groups in total. The molecule has 0 aliphatic heterocycles. The van der Waals surface area contributed by atoms with E-state index in [2.05, 4.69) is 36.3 Å². The monoisotopic (exact) mass is 235 g/mol. The SMILES string of the molecule is CC(C)NCCc1ccc2nc(N)sc2c1. The number of fused-ring (bicyclic) bond motifs is 1. The van der Waals surface area contributed by atoms with Crippen molar-refractivity contribution in [2.45, 2.75) is 26.3 Å². The molecule has 0 atom stereocenters. The largest absolute Gasteiger partial charge is 0.375 e. The van der Waals surface area contributed by atoms with Crippen LogP contribution in [0, 0.1) is 0 Å². The minimum Gasteiger partial charge on any atom is -0.375 e. The molecular weight excluding hydrogens is 218 g/mol. The number of nitrogens with two attached hydrogens (primary N) is 1. The van der Waals surface area contributed by atoms with Gasteiger partial charge in [0.1, 0.15) is 0 Å². The number of thiazole rings is 1. The third-order valence-electron chi connectivity index (χ3n) is 2.44. The first-order chi connectivity index (χ1) is 7.65. The molecule has 0 bridgehead atoms. The summed E-state index contributed by atoms with van der Waals surface area (Å²) in [6, 6.07) is 6.91. The first kappa shape index (κ1) is 11.4. The van der Waals surface area contributed by atoms with Crippen LogP contribution in [0.5, 0.6) is 0 Å². The molecule has 0 spiro atoms. The molecular formula is C12H17N3S. The number of aromatic nitrogens is 1. The fourth-order valence-electron chi connectivity index (χ4n) is 1.65. The van der Waals surface area contributed by atoms with Gasteiger partial charge in [0, 0.05) is 6.04 Å². The van der Waals surface area contributed by atoms with Crippen molar-refractivity contribution >= 4 is 26.7 Å². The number of nitrogens with one attached hydrogen (secondary N) is 1. The van der Waals surface area contributed by atoms with Crippen LogP contribution in [-0.4, -0.2) is 17.6 Å². The fraction of sp³-hybridized carbons (Fsp3) is 0.417. The molecule has 0 aliphatic carbocycles. The number of nitrogens with zero attached hydrogens (tertiary/aromatic N) is 1. The Labute approximate surface area is 99.7 Å². The molecule has 0 saturated carbocycles. The molecule has 1 heterocycles. The number of benzene rings is 1. The van der Waals surface area contributed by atoms with E-state index in [-0.39, 0.29) is 0 Å². The van der Waals surface area contributed by atoms with E-state index in [1.54, 1.807) is 11.3 Å². The van der Waals surface area contributed by atoms with Gasteiger partial charge < -0.3 is 11.1 Å². The van der Waals surface area contributed by atoms with Gasteiger partial charge in [-0.05, 0) is 30.7 Å². The molecule has 2 aromatic rings. The maximum atomic E-state index is 5.68. The van der Waals surface area contributed by atoms with Gasteiger partial charge in [-0.15, -0.1) is 0 Å². The highest BCUT2D eigenvalue weighted by Crippen LogP contribution is 2.24. The number of rotatable bonds is 4. The van der Waals surface area contributed by atoms with Crippen molar-refractivity contribution in [3.63, 3.8) is 0 Å². The van der Waals surface area contributed by atoms with Crippen molar-refractivity contribution in [3.05, 3.63) is 23.8 Å². The normalized spacial score (nSPS) is 11.4. The summed E-state index contributed by atoms with van der Waals surface area (Å²) in [4.78, 5) is 4.24. The summed E-state index contributed by atoms with van der Waals surface area (Å²) in [5.74, 6) is 0. The summed E-state index contributed by atoms with van der Waals surface area (Å²) in [6.07, 6.45) is 1.05. The van der Waals surface area contributed by atoms with Crippen molar-refractivity contribution in [2.75, 3.05) is 12.3 Å². The third-order valence-corrected chi connectivity index (χ3v) is 3.28. The maximum absolute atomic E-state index is 5.68. The van der Waals surface area contributed by atoms with Crippen molar-refractivity contribution in [2.24, 2.45) is 0 Å². The van der Waals surface area contributed by atoms with Gasteiger partial charge in [0.05, 0.1) is 10.2 Å². The zero-order chi connectivity index (χ0) is 11.5. The lowest BCUT2D eigenvalue weighted by Gasteiger charge is -2.07. The Morgan fingerprint density at radius 1 is 1.44 bits per heavy atom. The van der Waals surface area contributed by atoms with Crippen LogP contribution in [0.25, 0.3) is 10.2 Å². The number of hydrogen-bond donors (Lipinski definition) is 2. The molecule has 2 rings (SSSR count). The molecule has 86 valence electrons. The Bertz CT molecular complexity index is 476. The molecule has 16 heavy (non-hydrogen) atoms. The molecule has 3 nitrogen and oxygen atoms in total. The molecule has 0 amide bonds. The highest BCUT2D eigenvalue weighted by molar-refractivity contribution is 7.22. The molecule has 1 aromatic heterocycles. The summed E-state index contributed by atoms with van der Waals surface area (Å²) in [7, 11) is 0. The summed E-state index contributed by atoms with van der Waals surface area (Å²) >= 11 is 1.55. The van der Waals surface area contributed by atoms with Crippen LogP contribution in [0.1, 0.15) is 19.4 Å². The zero-order valence-electron chi connectivity index (χ0n) is 9.66. The standard InChI is InChI=1S/C12H17N3S/c1-8(2)14-6-5-9-3-4-10-11(7-9)16-12(13)15-10/h3-4,7-8,14H,5-6H2,1-2H3,(H2,13,15). The van der Waals surface area contributed by atoms with Crippen LogP contribution in [0.3, 0.4) is 0 Å². The Morgan fingerprint density at radius 3 is 3.00 bits per heavy atom. The third kappa shape index (κ3) is 2.71. The van der Waals surface area contributed by atoms with E-state index in [1.165, 1.54) is 10.3 Å². The number of nitrogen functional groups attached to an aromatic ring is 1. The molecule has 0 fully saturated rings. The number of hydrogen-bond acceptors (Lipinski definition) is 4. The van der Waals surface area contributed by atoms with Gasteiger partial charge in [0.2, 0.25) is 0 Å².